The maximum Gasteiger partial charge on any atom is 0 e. The third-order valence-corrected chi connectivity index (χ3v) is 0. The van der Waals surface area contributed by atoms with Gasteiger partial charge in [-0.1, -0.05) is 5.57 Å². The Morgan fingerprint density at radius 1 is 1.40 bits per heavy atom. The van der Waals surface area contributed by atoms with Crippen molar-refractivity contribution in [2.24, 2.45) is 0 Å². The normalized spacial score (nSPS) is 5.20. The van der Waals surface area contributed by atoms with Gasteiger partial charge in [-0.3, -0.25) is 0 Å². The van der Waals surface area contributed by atoms with Crippen LogP contribution in [0.4, 0.5) is 0 Å². The first-order valence-electron chi connectivity index (χ1n) is 1.35. The van der Waals surface area contributed by atoms with Crippen LogP contribution in [-0.2, 0) is 0 Å². The van der Waals surface area contributed by atoms with E-state index in [9.17, 15) is 0 Å². The smallest absolute Gasteiger partial charge is 0 e. The molecule has 0 amide bonds. The zero-order valence-corrected chi connectivity index (χ0v) is 6.85. The molecular formula is C4H8Ce. The van der Waals surface area contributed by atoms with Gasteiger partial charge >= 0.3 is 0 Å². The van der Waals surface area contributed by atoms with Gasteiger partial charge in [0.2, 0.25) is 0 Å². The van der Waals surface area contributed by atoms with Gasteiger partial charge in [0.15, 0.2) is 0 Å². The number of allylic oxidation sites excluding steroid dienone is 1. The average Bonchev–Trinajstić information content (AvgIpc) is 0.811. The summed E-state index contributed by atoms with van der Waals surface area (Å²) in [6.07, 6.45) is 0. The van der Waals surface area contributed by atoms with Crippen LogP contribution in [0.1, 0.15) is 13.8 Å². The second kappa shape index (κ2) is 5.12. The largest absolute Gasteiger partial charge is 0.100 e. The molecule has 0 radical (unpaired) electrons. The molecule has 0 saturated carbocycles. The SMILES string of the molecule is C=C(C)C.[Ce]. The van der Waals surface area contributed by atoms with Crippen molar-refractivity contribution in [1.29, 1.82) is 0 Å². The Hall–Kier alpha value is 1.12. The summed E-state index contributed by atoms with van der Waals surface area (Å²) >= 11 is 0. The van der Waals surface area contributed by atoms with E-state index in [0.29, 0.717) is 0 Å². The first-order valence-corrected chi connectivity index (χ1v) is 1.35. The number of hydrogen-bond acceptors (Lipinski definition) is 0. The van der Waals surface area contributed by atoms with E-state index in [1.165, 1.54) is 5.57 Å². The quantitative estimate of drug-likeness (QED) is 0.516. The van der Waals surface area contributed by atoms with Gasteiger partial charge in [0.05, 0.1) is 0 Å². The van der Waals surface area contributed by atoms with Crippen molar-refractivity contribution in [1.82, 2.24) is 0 Å². The topological polar surface area (TPSA) is 0 Å². The molecule has 0 rings (SSSR count). The number of rotatable bonds is 0. The molecule has 0 aliphatic heterocycles. The standard InChI is InChI=1S/C4H8.Ce/c1-4(2)3;/h1H2,2-3H3;. The molecule has 0 aliphatic carbocycles. The van der Waals surface area contributed by atoms with Crippen molar-refractivity contribution in [2.75, 3.05) is 0 Å². The minimum absolute atomic E-state index is 0. The Morgan fingerprint density at radius 3 is 1.40 bits per heavy atom. The summed E-state index contributed by atoms with van der Waals surface area (Å²) < 4.78 is 0. The van der Waals surface area contributed by atoms with Gasteiger partial charge in [-0.2, -0.15) is 0 Å². The molecule has 0 unspecified atom stereocenters. The van der Waals surface area contributed by atoms with Crippen LogP contribution in [0.3, 0.4) is 0 Å². The van der Waals surface area contributed by atoms with Crippen molar-refractivity contribution < 1.29 is 41.7 Å². The van der Waals surface area contributed by atoms with E-state index in [4.69, 9.17) is 0 Å². The summed E-state index contributed by atoms with van der Waals surface area (Å²) in [6.45, 7) is 7.50. The third-order valence-electron chi connectivity index (χ3n) is 0. The van der Waals surface area contributed by atoms with Gasteiger partial charge in [-0.25, -0.2) is 0 Å². The fourth-order valence-corrected chi connectivity index (χ4v) is 0. The van der Waals surface area contributed by atoms with E-state index in [1.54, 1.807) is 0 Å². The van der Waals surface area contributed by atoms with Crippen molar-refractivity contribution in [2.45, 2.75) is 13.8 Å². The molecule has 5 heavy (non-hydrogen) atoms. The Bertz CT molecular complexity index is 26.6. The molecule has 0 heterocycles. The van der Waals surface area contributed by atoms with Gasteiger partial charge < -0.3 is 0 Å². The first-order chi connectivity index (χ1) is 1.73. The van der Waals surface area contributed by atoms with Crippen LogP contribution in [0.5, 0.6) is 0 Å². The molecule has 0 aliphatic rings. The van der Waals surface area contributed by atoms with Gasteiger partial charge in [0.25, 0.3) is 0 Å². The Balaban J connectivity index is 0. The van der Waals surface area contributed by atoms with Crippen molar-refractivity contribution in [3.05, 3.63) is 12.2 Å². The van der Waals surface area contributed by atoms with Crippen LogP contribution < -0.4 is 0 Å². The van der Waals surface area contributed by atoms with E-state index < -0.39 is 0 Å². The molecule has 0 spiro atoms. The summed E-state index contributed by atoms with van der Waals surface area (Å²) in [5, 5.41) is 0. The summed E-state index contributed by atoms with van der Waals surface area (Å²) in [7, 11) is 0. The number of hydrogen-bond donors (Lipinski definition) is 0. The van der Waals surface area contributed by atoms with E-state index in [0.717, 1.165) is 0 Å². The minimum Gasteiger partial charge on any atom is -0.100 e. The maximum atomic E-state index is 3.56. The van der Waals surface area contributed by atoms with E-state index in [1.807, 2.05) is 13.8 Å². The second-order valence-electron chi connectivity index (χ2n) is 1.21. The van der Waals surface area contributed by atoms with Gasteiger partial charge in [0.1, 0.15) is 0 Å². The van der Waals surface area contributed by atoms with Gasteiger partial charge in [0, 0.05) is 41.7 Å². The maximum absolute atomic E-state index is 3.56. The fourth-order valence-electron chi connectivity index (χ4n) is 0. The second-order valence-corrected chi connectivity index (χ2v) is 1.21. The van der Waals surface area contributed by atoms with Gasteiger partial charge in [-0.05, 0) is 13.8 Å². The third kappa shape index (κ3) is 39.9. The molecule has 0 aromatic rings. The fraction of sp³-hybridized carbons (Fsp3) is 0.500. The van der Waals surface area contributed by atoms with Crippen molar-refractivity contribution in [3.63, 3.8) is 0 Å². The minimum atomic E-state index is 0. The first kappa shape index (κ1) is 9.45. The van der Waals surface area contributed by atoms with Crippen LogP contribution in [-0.4, -0.2) is 0 Å². The Kier molecular flexibility index (Phi) is 9.67. The van der Waals surface area contributed by atoms with Crippen molar-refractivity contribution >= 4 is 0 Å². The monoisotopic (exact) mass is 196 g/mol. The molecular weight excluding hydrogens is 188 g/mol. The molecule has 0 fully saturated rings. The zero-order chi connectivity index (χ0) is 3.58. The average molecular weight is 196 g/mol. The van der Waals surface area contributed by atoms with Crippen LogP contribution in [0.25, 0.3) is 0 Å². The predicted octanol–water partition coefficient (Wildman–Crippen LogP) is 1.58. The summed E-state index contributed by atoms with van der Waals surface area (Å²) in [5.74, 6) is 0. The van der Waals surface area contributed by atoms with E-state index >= 15 is 0 Å². The van der Waals surface area contributed by atoms with Crippen LogP contribution in [0.15, 0.2) is 12.2 Å². The van der Waals surface area contributed by atoms with E-state index in [-0.39, 0.29) is 41.7 Å². The molecule has 0 aromatic heterocycles. The van der Waals surface area contributed by atoms with Crippen LogP contribution >= 0.6 is 0 Å². The molecule has 0 saturated heterocycles. The molecule has 0 aromatic carbocycles. The van der Waals surface area contributed by atoms with E-state index in [2.05, 4.69) is 6.58 Å². The summed E-state index contributed by atoms with van der Waals surface area (Å²) in [5.41, 5.74) is 1.17. The summed E-state index contributed by atoms with van der Waals surface area (Å²) in [4.78, 5) is 0. The Morgan fingerprint density at radius 2 is 1.40 bits per heavy atom. The zero-order valence-electron chi connectivity index (χ0n) is 3.71. The van der Waals surface area contributed by atoms with Gasteiger partial charge in [-0.15, -0.1) is 6.58 Å². The molecule has 0 atom stereocenters. The van der Waals surface area contributed by atoms with Crippen LogP contribution in [0, 0.1) is 41.7 Å². The molecule has 0 bridgehead atoms. The molecule has 0 N–H and O–H groups in total. The summed E-state index contributed by atoms with van der Waals surface area (Å²) in [6, 6.07) is 0. The molecule has 28 valence electrons. The van der Waals surface area contributed by atoms with Crippen molar-refractivity contribution in [3.8, 4) is 0 Å². The predicted molar refractivity (Wildman–Crippen MR) is 20.5 cm³/mol. The molecule has 0 nitrogen and oxygen atoms in total. The Labute approximate surface area is 67.0 Å². The van der Waals surface area contributed by atoms with Crippen LogP contribution in [0.2, 0.25) is 0 Å². The molecule has 1 heteroatoms.